The van der Waals surface area contributed by atoms with Crippen molar-refractivity contribution in [3.8, 4) is 0 Å². The molecular weight excluding hydrogens is 250 g/mol. The van der Waals surface area contributed by atoms with Crippen molar-refractivity contribution >= 4 is 11.6 Å². The van der Waals surface area contributed by atoms with E-state index in [0.29, 0.717) is 18.1 Å². The Labute approximate surface area is 113 Å². The summed E-state index contributed by atoms with van der Waals surface area (Å²) < 4.78 is 0. The molecule has 0 amide bonds. The van der Waals surface area contributed by atoms with Crippen LogP contribution in [-0.4, -0.2) is 28.9 Å². The Morgan fingerprint density at radius 2 is 2.17 bits per heavy atom. The van der Waals surface area contributed by atoms with Gasteiger partial charge in [-0.1, -0.05) is 23.7 Å². The molecule has 0 spiro atoms. The van der Waals surface area contributed by atoms with Crippen LogP contribution in [0, 0.1) is 0 Å². The molecule has 1 aromatic rings. The summed E-state index contributed by atoms with van der Waals surface area (Å²) >= 11 is 5.92. The lowest BCUT2D eigenvalue weighted by atomic mass is 9.80. The molecule has 3 N–H and O–H groups in total. The lowest BCUT2D eigenvalue weighted by molar-refractivity contribution is -0.0367. The van der Waals surface area contributed by atoms with Crippen molar-refractivity contribution in [2.24, 2.45) is 0 Å². The number of nitrogens with one attached hydrogen (secondary N) is 1. The van der Waals surface area contributed by atoms with Gasteiger partial charge in [-0.15, -0.1) is 0 Å². The van der Waals surface area contributed by atoms with Crippen LogP contribution in [0.25, 0.3) is 0 Å². The molecule has 0 radical (unpaired) electrons. The van der Waals surface area contributed by atoms with Gasteiger partial charge in [-0.25, -0.2) is 0 Å². The molecule has 1 aromatic carbocycles. The van der Waals surface area contributed by atoms with E-state index in [1.54, 1.807) is 19.1 Å². The topological polar surface area (TPSA) is 52.5 Å². The highest BCUT2D eigenvalue weighted by Crippen LogP contribution is 2.31. The summed E-state index contributed by atoms with van der Waals surface area (Å²) in [7, 11) is 0. The fourth-order valence-corrected chi connectivity index (χ4v) is 2.42. The zero-order valence-corrected chi connectivity index (χ0v) is 11.4. The van der Waals surface area contributed by atoms with Gasteiger partial charge in [-0.3, -0.25) is 0 Å². The summed E-state index contributed by atoms with van der Waals surface area (Å²) in [5, 5.41) is 24.1. The van der Waals surface area contributed by atoms with Crippen LogP contribution >= 0.6 is 11.6 Å². The first kappa shape index (κ1) is 13.8. The van der Waals surface area contributed by atoms with E-state index < -0.39 is 11.2 Å². The van der Waals surface area contributed by atoms with Gasteiger partial charge in [0.1, 0.15) is 0 Å². The van der Waals surface area contributed by atoms with E-state index in [2.05, 4.69) is 5.32 Å². The van der Waals surface area contributed by atoms with Crippen LogP contribution in [0.1, 0.15) is 31.7 Å². The lowest BCUT2D eigenvalue weighted by Gasteiger charge is -2.37. The van der Waals surface area contributed by atoms with Crippen molar-refractivity contribution in [3.05, 3.63) is 34.9 Å². The van der Waals surface area contributed by atoms with Crippen LogP contribution < -0.4 is 5.32 Å². The van der Waals surface area contributed by atoms with Gasteiger partial charge in [0.15, 0.2) is 0 Å². The molecule has 0 aliphatic heterocycles. The molecular formula is C14H20ClNO2. The van der Waals surface area contributed by atoms with Gasteiger partial charge in [-0.2, -0.15) is 0 Å². The third-order valence-electron chi connectivity index (χ3n) is 3.65. The molecule has 1 saturated carbocycles. The molecule has 1 fully saturated rings. The second-order valence-electron chi connectivity index (χ2n) is 5.47. The molecule has 0 saturated heterocycles. The number of benzene rings is 1. The average Bonchev–Trinajstić information content (AvgIpc) is 2.26. The van der Waals surface area contributed by atoms with E-state index in [1.165, 1.54) is 0 Å². The smallest absolute Gasteiger partial charge is 0.0992 e. The summed E-state index contributed by atoms with van der Waals surface area (Å²) in [6.45, 7) is 2.68. The average molecular weight is 270 g/mol. The van der Waals surface area contributed by atoms with Crippen molar-refractivity contribution in [1.82, 2.24) is 5.32 Å². The van der Waals surface area contributed by atoms with E-state index in [1.807, 2.05) is 12.1 Å². The van der Waals surface area contributed by atoms with Crippen LogP contribution in [0.5, 0.6) is 0 Å². The highest BCUT2D eigenvalue weighted by atomic mass is 35.5. The summed E-state index contributed by atoms with van der Waals surface area (Å²) in [6.07, 6.45) is 2.78. The van der Waals surface area contributed by atoms with Gasteiger partial charge in [0.25, 0.3) is 0 Å². The minimum Gasteiger partial charge on any atom is -0.389 e. The predicted molar refractivity (Wildman–Crippen MR) is 72.7 cm³/mol. The minimum absolute atomic E-state index is 0.398. The van der Waals surface area contributed by atoms with Crippen LogP contribution in [0.2, 0.25) is 5.02 Å². The van der Waals surface area contributed by atoms with Gasteiger partial charge < -0.3 is 15.5 Å². The number of hydrogen-bond donors (Lipinski definition) is 3. The summed E-state index contributed by atoms with van der Waals surface area (Å²) in [5.74, 6) is 0. The van der Waals surface area contributed by atoms with E-state index >= 15 is 0 Å². The molecule has 1 atom stereocenters. The van der Waals surface area contributed by atoms with Crippen molar-refractivity contribution in [2.75, 3.05) is 13.1 Å². The largest absolute Gasteiger partial charge is 0.389 e. The Morgan fingerprint density at radius 1 is 1.44 bits per heavy atom. The Morgan fingerprint density at radius 3 is 2.72 bits per heavy atom. The van der Waals surface area contributed by atoms with Crippen LogP contribution in [0.4, 0.5) is 0 Å². The zero-order valence-electron chi connectivity index (χ0n) is 10.6. The van der Waals surface area contributed by atoms with Gasteiger partial charge >= 0.3 is 0 Å². The maximum absolute atomic E-state index is 10.4. The summed E-state index contributed by atoms with van der Waals surface area (Å²) in [4.78, 5) is 0. The maximum atomic E-state index is 10.4. The molecule has 100 valence electrons. The normalized spacial score (nSPS) is 21.1. The number of aliphatic hydroxyl groups is 2. The molecule has 2 rings (SSSR count). The Bertz CT molecular complexity index is 416. The first-order chi connectivity index (χ1) is 8.41. The highest BCUT2D eigenvalue weighted by Gasteiger charge is 2.34. The van der Waals surface area contributed by atoms with E-state index in [0.717, 1.165) is 24.8 Å². The monoisotopic (exact) mass is 269 g/mol. The molecule has 1 unspecified atom stereocenters. The van der Waals surface area contributed by atoms with Crippen molar-refractivity contribution in [1.29, 1.82) is 0 Å². The fourth-order valence-electron chi connectivity index (χ4n) is 2.23. The van der Waals surface area contributed by atoms with E-state index in [4.69, 9.17) is 11.6 Å². The molecule has 0 heterocycles. The molecule has 1 aliphatic rings. The second kappa shape index (κ2) is 5.17. The van der Waals surface area contributed by atoms with Crippen LogP contribution in [-0.2, 0) is 5.60 Å². The standard InChI is InChI=1S/C14H20ClNO2/c1-13(17,11-4-2-5-12(15)8-11)9-16-10-14(18)6-3-7-14/h2,4-5,8,16-18H,3,6-7,9-10H2,1H3. The van der Waals surface area contributed by atoms with Crippen molar-refractivity contribution in [2.45, 2.75) is 37.4 Å². The Hall–Kier alpha value is -0.610. The SMILES string of the molecule is CC(O)(CNCC1(O)CCC1)c1cccc(Cl)c1. The number of hydrogen-bond acceptors (Lipinski definition) is 3. The van der Waals surface area contributed by atoms with E-state index in [9.17, 15) is 10.2 Å². The van der Waals surface area contributed by atoms with Gasteiger partial charge in [0.2, 0.25) is 0 Å². The number of halogens is 1. The summed E-state index contributed by atoms with van der Waals surface area (Å²) in [5.41, 5.74) is -0.766. The van der Waals surface area contributed by atoms with E-state index in [-0.39, 0.29) is 0 Å². The lowest BCUT2D eigenvalue weighted by Crippen LogP contribution is -2.49. The molecule has 1 aliphatic carbocycles. The molecule has 0 bridgehead atoms. The highest BCUT2D eigenvalue weighted by molar-refractivity contribution is 6.30. The van der Waals surface area contributed by atoms with Crippen molar-refractivity contribution < 1.29 is 10.2 Å². The molecule has 3 nitrogen and oxygen atoms in total. The first-order valence-electron chi connectivity index (χ1n) is 6.33. The summed E-state index contributed by atoms with van der Waals surface area (Å²) in [6, 6.07) is 7.23. The first-order valence-corrected chi connectivity index (χ1v) is 6.71. The second-order valence-corrected chi connectivity index (χ2v) is 5.90. The van der Waals surface area contributed by atoms with Crippen LogP contribution in [0.15, 0.2) is 24.3 Å². The minimum atomic E-state index is -0.981. The van der Waals surface area contributed by atoms with Gasteiger partial charge in [0, 0.05) is 18.1 Å². The third kappa shape index (κ3) is 3.23. The Kier molecular flexibility index (Phi) is 3.97. The zero-order chi connectivity index (χ0) is 13.2. The van der Waals surface area contributed by atoms with Crippen molar-refractivity contribution in [3.63, 3.8) is 0 Å². The molecule has 0 aromatic heterocycles. The Balaban J connectivity index is 1.90. The molecule has 4 heteroatoms. The maximum Gasteiger partial charge on any atom is 0.0992 e. The third-order valence-corrected chi connectivity index (χ3v) is 3.89. The number of rotatable bonds is 5. The quantitative estimate of drug-likeness (QED) is 0.767. The van der Waals surface area contributed by atoms with Crippen LogP contribution in [0.3, 0.4) is 0 Å². The predicted octanol–water partition coefficient (Wildman–Crippen LogP) is 2.05. The van der Waals surface area contributed by atoms with Gasteiger partial charge in [-0.05, 0) is 43.9 Å². The fraction of sp³-hybridized carbons (Fsp3) is 0.571. The van der Waals surface area contributed by atoms with Gasteiger partial charge in [0.05, 0.1) is 11.2 Å². The molecule has 18 heavy (non-hydrogen) atoms.